The zero-order chi connectivity index (χ0) is 19.0. The van der Waals surface area contributed by atoms with Crippen LogP contribution in [-0.2, 0) is 19.0 Å². The number of nitrogens with zero attached hydrogens (tertiary/aromatic N) is 1. The van der Waals surface area contributed by atoms with Gasteiger partial charge in [0.2, 0.25) is 0 Å². The Balaban J connectivity index is 0. The maximum Gasteiger partial charge on any atom is 0.413 e. The van der Waals surface area contributed by atoms with Crippen molar-refractivity contribution < 1.29 is 23.8 Å². The molecule has 0 unspecified atom stereocenters. The molecule has 0 aromatic heterocycles. The number of hydrogen-bond acceptors (Lipinski definition) is 7. The fourth-order valence-electron chi connectivity index (χ4n) is 1.79. The average molecular weight is 382 g/mol. The van der Waals surface area contributed by atoms with E-state index in [2.05, 4.69) is 0 Å². The van der Waals surface area contributed by atoms with Gasteiger partial charge in [-0.15, -0.1) is 12.4 Å². The third-order valence-electron chi connectivity index (χ3n) is 2.66. The van der Waals surface area contributed by atoms with Gasteiger partial charge in [-0.25, -0.2) is 9.59 Å². The summed E-state index contributed by atoms with van der Waals surface area (Å²) >= 11 is 0. The zero-order valence-corrected chi connectivity index (χ0v) is 16.8. The molecule has 0 spiro atoms. The van der Waals surface area contributed by atoms with E-state index in [4.69, 9.17) is 25.4 Å². The van der Waals surface area contributed by atoms with E-state index in [1.54, 1.807) is 41.5 Å². The van der Waals surface area contributed by atoms with Crippen molar-refractivity contribution in [2.75, 3.05) is 13.3 Å². The van der Waals surface area contributed by atoms with Gasteiger partial charge in [-0.1, -0.05) is 0 Å². The molecular formula is C16H32ClN3O5. The number of esters is 1. The van der Waals surface area contributed by atoms with Crippen LogP contribution in [0.3, 0.4) is 0 Å². The van der Waals surface area contributed by atoms with E-state index in [1.165, 1.54) is 0 Å². The maximum absolute atomic E-state index is 12.5. The van der Waals surface area contributed by atoms with Gasteiger partial charge >= 0.3 is 12.1 Å². The molecule has 0 rings (SSSR count). The molecule has 0 bridgehead atoms. The summed E-state index contributed by atoms with van der Waals surface area (Å²) in [6.07, 6.45) is 0.823. The van der Waals surface area contributed by atoms with Crippen molar-refractivity contribution >= 4 is 30.9 Å². The van der Waals surface area contributed by atoms with E-state index < -0.39 is 29.3 Å². The van der Waals surface area contributed by atoms with Gasteiger partial charge in [0.05, 0.1) is 0 Å². The lowest BCUT2D eigenvalue weighted by Gasteiger charge is -2.33. The molecule has 0 aromatic carbocycles. The van der Waals surface area contributed by atoms with E-state index in [9.17, 15) is 9.59 Å². The van der Waals surface area contributed by atoms with Crippen LogP contribution in [0.4, 0.5) is 4.79 Å². The summed E-state index contributed by atoms with van der Waals surface area (Å²) < 4.78 is 15.6. The standard InChI is InChI=1S/C16H31N3O5.ClH/c1-15(2,3)23-13(20)12(8-7-9-17)19(11-22-10-18)14(21)24-16(4,5)6;/h10,12,18H,7-9,11,17H2,1-6H3;1H/t12-;/m0./s1. The Bertz CT molecular complexity index is 432. The van der Waals surface area contributed by atoms with Crippen LogP contribution in [0, 0.1) is 5.41 Å². The number of hydrogen-bond donors (Lipinski definition) is 2. The van der Waals surface area contributed by atoms with Crippen LogP contribution >= 0.6 is 12.4 Å². The van der Waals surface area contributed by atoms with Crippen molar-refractivity contribution in [2.24, 2.45) is 5.73 Å². The van der Waals surface area contributed by atoms with Crippen LogP contribution < -0.4 is 5.73 Å². The molecule has 8 nitrogen and oxygen atoms in total. The van der Waals surface area contributed by atoms with Crippen molar-refractivity contribution in [1.29, 1.82) is 5.41 Å². The first-order valence-electron chi connectivity index (χ1n) is 7.94. The first-order valence-corrected chi connectivity index (χ1v) is 7.94. The van der Waals surface area contributed by atoms with Crippen LogP contribution in [0.1, 0.15) is 54.4 Å². The van der Waals surface area contributed by atoms with Crippen LogP contribution in [0.15, 0.2) is 0 Å². The second-order valence-electron chi connectivity index (χ2n) is 7.34. The highest BCUT2D eigenvalue weighted by Crippen LogP contribution is 2.18. The van der Waals surface area contributed by atoms with Gasteiger partial charge in [0.1, 0.15) is 17.2 Å². The highest BCUT2D eigenvalue weighted by Gasteiger charge is 2.35. The lowest BCUT2D eigenvalue weighted by Crippen LogP contribution is -2.50. The van der Waals surface area contributed by atoms with Crippen molar-refractivity contribution in [2.45, 2.75) is 71.6 Å². The Labute approximate surface area is 156 Å². The van der Waals surface area contributed by atoms with Crippen molar-refractivity contribution in [3.05, 3.63) is 0 Å². The number of amides is 1. The minimum Gasteiger partial charge on any atom is -0.463 e. The molecule has 1 amide bonds. The molecule has 0 saturated carbocycles. The highest BCUT2D eigenvalue weighted by molar-refractivity contribution is 5.85. The van der Waals surface area contributed by atoms with Gasteiger partial charge in [0.25, 0.3) is 0 Å². The lowest BCUT2D eigenvalue weighted by atomic mass is 10.1. The summed E-state index contributed by atoms with van der Waals surface area (Å²) in [5.74, 6) is -0.560. The van der Waals surface area contributed by atoms with Crippen LogP contribution in [0.5, 0.6) is 0 Å². The molecule has 1 atom stereocenters. The molecule has 3 N–H and O–H groups in total. The van der Waals surface area contributed by atoms with Gasteiger partial charge < -0.3 is 19.9 Å². The van der Waals surface area contributed by atoms with E-state index in [-0.39, 0.29) is 19.1 Å². The highest BCUT2D eigenvalue weighted by atomic mass is 35.5. The first kappa shape index (κ1) is 25.7. The zero-order valence-electron chi connectivity index (χ0n) is 16.0. The number of rotatable bonds is 8. The maximum atomic E-state index is 12.5. The predicted octanol–water partition coefficient (Wildman–Crippen LogP) is 2.68. The van der Waals surface area contributed by atoms with Crippen molar-refractivity contribution in [3.63, 3.8) is 0 Å². The molecule has 0 aliphatic carbocycles. The number of nitrogens with one attached hydrogen (secondary N) is 1. The quantitative estimate of drug-likeness (QED) is 0.289. The second kappa shape index (κ2) is 11.1. The first-order chi connectivity index (χ1) is 10.9. The van der Waals surface area contributed by atoms with Crippen LogP contribution in [0.25, 0.3) is 0 Å². The molecule has 0 aliphatic heterocycles. The van der Waals surface area contributed by atoms with E-state index >= 15 is 0 Å². The van der Waals surface area contributed by atoms with Gasteiger partial charge in [-0.05, 0) is 60.9 Å². The van der Waals surface area contributed by atoms with Gasteiger partial charge in [-0.2, -0.15) is 0 Å². The monoisotopic (exact) mass is 381 g/mol. The summed E-state index contributed by atoms with van der Waals surface area (Å²) in [6, 6.07) is -0.900. The van der Waals surface area contributed by atoms with Gasteiger partial charge in [0, 0.05) is 0 Å². The Morgan fingerprint density at radius 2 is 1.64 bits per heavy atom. The minimum absolute atomic E-state index is 0. The Morgan fingerprint density at radius 3 is 2.04 bits per heavy atom. The average Bonchev–Trinajstić information content (AvgIpc) is 2.38. The summed E-state index contributed by atoms with van der Waals surface area (Å²) in [5, 5.41) is 6.99. The van der Waals surface area contributed by atoms with Gasteiger partial charge in [-0.3, -0.25) is 10.3 Å². The van der Waals surface area contributed by atoms with Crippen molar-refractivity contribution in [1.82, 2.24) is 4.90 Å². The number of ether oxygens (including phenoxy) is 3. The largest absolute Gasteiger partial charge is 0.463 e. The van der Waals surface area contributed by atoms with Crippen LogP contribution in [0.2, 0.25) is 0 Å². The van der Waals surface area contributed by atoms with Crippen LogP contribution in [-0.4, -0.2) is 53.9 Å². The molecule has 0 aromatic rings. The summed E-state index contributed by atoms with van der Waals surface area (Å²) in [7, 11) is 0. The normalized spacial score (nSPS) is 12.4. The lowest BCUT2D eigenvalue weighted by molar-refractivity contribution is -0.162. The SMILES string of the molecule is CC(C)(C)OC(=O)[C@H](CCCN)N(COC=N)C(=O)OC(C)(C)C.Cl. The van der Waals surface area contributed by atoms with E-state index in [0.717, 1.165) is 4.90 Å². The number of nitrogens with two attached hydrogens (primary N) is 1. The predicted molar refractivity (Wildman–Crippen MR) is 98.0 cm³/mol. The summed E-state index contributed by atoms with van der Waals surface area (Å²) in [4.78, 5) is 26.1. The molecule has 0 fully saturated rings. The number of carbonyl (C=O) groups is 2. The van der Waals surface area contributed by atoms with E-state index in [0.29, 0.717) is 25.8 Å². The molecule has 0 saturated heterocycles. The van der Waals surface area contributed by atoms with Crippen molar-refractivity contribution in [3.8, 4) is 0 Å². The second-order valence-corrected chi connectivity index (χ2v) is 7.34. The fraction of sp³-hybridized carbons (Fsp3) is 0.812. The Kier molecular flexibility index (Phi) is 11.5. The Hall–Kier alpha value is -1.54. The Morgan fingerprint density at radius 1 is 1.12 bits per heavy atom. The third-order valence-corrected chi connectivity index (χ3v) is 2.66. The molecule has 148 valence electrons. The summed E-state index contributed by atoms with van der Waals surface area (Å²) in [5.41, 5.74) is 4.10. The minimum atomic E-state index is -0.900. The molecule has 25 heavy (non-hydrogen) atoms. The topological polar surface area (TPSA) is 115 Å². The molecular weight excluding hydrogens is 350 g/mol. The number of halogens is 1. The number of carbonyl (C=O) groups excluding carboxylic acids is 2. The van der Waals surface area contributed by atoms with E-state index in [1.807, 2.05) is 0 Å². The molecule has 0 radical (unpaired) electrons. The molecule has 0 aliphatic rings. The van der Waals surface area contributed by atoms with Gasteiger partial charge in [0.15, 0.2) is 13.1 Å². The smallest absolute Gasteiger partial charge is 0.413 e. The third kappa shape index (κ3) is 11.6. The molecule has 0 heterocycles. The fourth-order valence-corrected chi connectivity index (χ4v) is 1.79. The molecule has 9 heteroatoms. The summed E-state index contributed by atoms with van der Waals surface area (Å²) in [6.45, 7) is 10.5.